The average Bonchev–Trinajstić information content (AvgIpc) is 4.06. The Bertz CT molecular complexity index is 2220. The number of ether oxygens (including phenoxy) is 1. The van der Waals surface area contributed by atoms with Crippen LogP contribution in [-0.2, 0) is 19.2 Å². The normalized spacial score (nSPS) is 20.9. The molecular weight excluding hydrogens is 769 g/mol. The van der Waals surface area contributed by atoms with Crippen LogP contribution in [0.4, 0.5) is 0 Å². The highest BCUT2D eigenvalue weighted by Gasteiger charge is 2.46. The molecule has 6 rings (SSSR count). The molecular formula is C44H50N8O8. The van der Waals surface area contributed by atoms with Crippen LogP contribution in [0.1, 0.15) is 112 Å². The summed E-state index contributed by atoms with van der Waals surface area (Å²) < 4.78 is 17.4. The third kappa shape index (κ3) is 9.50. The van der Waals surface area contributed by atoms with Gasteiger partial charge in [0.15, 0.2) is 5.76 Å². The third-order valence-corrected chi connectivity index (χ3v) is 11.2. The summed E-state index contributed by atoms with van der Waals surface area (Å²) in [5, 5.41) is 42.9. The largest absolute Gasteiger partial charge is 0.470 e. The zero-order valence-electron chi connectivity index (χ0n) is 34.4. The third-order valence-electron chi connectivity index (χ3n) is 11.2. The molecule has 0 bridgehead atoms. The van der Waals surface area contributed by atoms with E-state index < -0.39 is 65.9 Å². The van der Waals surface area contributed by atoms with Gasteiger partial charge in [0.2, 0.25) is 23.6 Å². The Morgan fingerprint density at radius 1 is 0.733 bits per heavy atom. The number of hydrogen-bond acceptors (Lipinski definition) is 12. The van der Waals surface area contributed by atoms with Crippen molar-refractivity contribution >= 4 is 23.6 Å². The van der Waals surface area contributed by atoms with E-state index in [9.17, 15) is 29.5 Å². The molecule has 0 spiro atoms. The van der Waals surface area contributed by atoms with Crippen LogP contribution in [0.5, 0.6) is 5.88 Å². The molecule has 2 aliphatic rings. The van der Waals surface area contributed by atoms with Gasteiger partial charge < -0.3 is 39.3 Å². The summed E-state index contributed by atoms with van der Waals surface area (Å²) in [7, 11) is 0. The monoisotopic (exact) mass is 818 g/mol. The fourth-order valence-corrected chi connectivity index (χ4v) is 8.02. The molecule has 4 aromatic rings. The van der Waals surface area contributed by atoms with Crippen LogP contribution < -0.4 is 15.4 Å². The van der Waals surface area contributed by atoms with Crippen molar-refractivity contribution in [3.8, 4) is 18.0 Å². The molecule has 2 aliphatic heterocycles. The van der Waals surface area contributed by atoms with E-state index in [-0.39, 0.29) is 55.3 Å². The molecule has 2 aromatic carbocycles. The van der Waals surface area contributed by atoms with Crippen molar-refractivity contribution in [2.24, 2.45) is 11.8 Å². The molecule has 3 N–H and O–H groups in total. The van der Waals surface area contributed by atoms with Gasteiger partial charge in [0.05, 0.1) is 54.2 Å². The van der Waals surface area contributed by atoms with E-state index in [1.165, 1.54) is 22.1 Å². The number of carbonyl (C=O) groups excluding carboxylic acids is 4. The molecule has 4 amide bonds. The highest BCUT2D eigenvalue weighted by atomic mass is 16.5. The number of nitriles is 2. The van der Waals surface area contributed by atoms with Gasteiger partial charge in [-0.3, -0.25) is 19.2 Å². The smallest absolute Gasteiger partial charge is 0.254 e. The molecule has 0 aliphatic carbocycles. The second-order valence-electron chi connectivity index (χ2n) is 16.2. The first-order valence-corrected chi connectivity index (χ1v) is 20.1. The summed E-state index contributed by atoms with van der Waals surface area (Å²) >= 11 is 0. The number of rotatable bonds is 14. The van der Waals surface area contributed by atoms with Crippen LogP contribution in [0.2, 0.25) is 0 Å². The number of amides is 4. The van der Waals surface area contributed by atoms with Crippen molar-refractivity contribution < 1.29 is 38.1 Å². The second-order valence-corrected chi connectivity index (χ2v) is 16.2. The number of carbonyl (C=O) groups is 4. The van der Waals surface area contributed by atoms with Gasteiger partial charge in [0, 0.05) is 31.5 Å². The van der Waals surface area contributed by atoms with Crippen LogP contribution in [0.25, 0.3) is 0 Å². The zero-order chi connectivity index (χ0) is 43.2. The predicted molar refractivity (Wildman–Crippen MR) is 214 cm³/mol. The number of hydrogen-bond donors (Lipinski definition) is 3. The number of aliphatic hydroxyl groups is 1. The van der Waals surface area contributed by atoms with Crippen molar-refractivity contribution in [2.75, 3.05) is 13.1 Å². The van der Waals surface area contributed by atoms with Crippen LogP contribution in [0.3, 0.4) is 0 Å². The van der Waals surface area contributed by atoms with Gasteiger partial charge in [-0.05, 0) is 66.2 Å². The van der Waals surface area contributed by atoms with Gasteiger partial charge in [-0.15, -0.1) is 0 Å². The molecule has 0 radical (unpaired) electrons. The summed E-state index contributed by atoms with van der Waals surface area (Å²) in [6.07, 6.45) is 0.0373. The van der Waals surface area contributed by atoms with Crippen molar-refractivity contribution in [3.05, 3.63) is 101 Å². The van der Waals surface area contributed by atoms with E-state index in [1.54, 1.807) is 61.5 Å². The van der Waals surface area contributed by atoms with Gasteiger partial charge in [0.25, 0.3) is 5.88 Å². The molecule has 60 heavy (non-hydrogen) atoms. The Balaban J connectivity index is 1.18. The predicted octanol–water partition coefficient (Wildman–Crippen LogP) is 4.65. The highest BCUT2D eigenvalue weighted by molar-refractivity contribution is 5.92. The highest BCUT2D eigenvalue weighted by Crippen LogP contribution is 2.35. The first-order valence-electron chi connectivity index (χ1n) is 20.1. The fourth-order valence-electron chi connectivity index (χ4n) is 8.02. The Morgan fingerprint density at radius 3 is 1.72 bits per heavy atom. The Labute approximate surface area is 348 Å². The van der Waals surface area contributed by atoms with E-state index in [4.69, 9.17) is 19.0 Å². The maximum Gasteiger partial charge on any atom is 0.254 e. The number of aliphatic hydroxyl groups excluding tert-OH is 1. The van der Waals surface area contributed by atoms with Gasteiger partial charge in [0.1, 0.15) is 35.8 Å². The van der Waals surface area contributed by atoms with Crippen LogP contribution in [0.15, 0.2) is 75.9 Å². The van der Waals surface area contributed by atoms with Crippen molar-refractivity contribution in [1.29, 1.82) is 10.5 Å². The minimum Gasteiger partial charge on any atom is -0.470 e. The fraction of sp³-hybridized carbons (Fsp3) is 0.455. The summed E-state index contributed by atoms with van der Waals surface area (Å²) in [6, 6.07) is 18.3. The van der Waals surface area contributed by atoms with Crippen molar-refractivity contribution in [2.45, 2.75) is 103 Å². The molecule has 4 heterocycles. The standard InChI is InChI=1S/C44H50N8O8/c1-24(2)39(36-15-16-47-59-36)43(56)52-23-33(18-35(52)42(55)49-27(6)31-13-9-29(21-46)10-14-31)58-38-19-37(60-50-38)40(25(3)4)44(57)51-22-32(53)17-34(51)41(54)48-26(5)30-11-7-28(20-45)8-12-30/h7-16,19,24-27,32-35,39-40,53H,17-18,22-23H2,1-6H3,(H,48,54)(H,49,55)/t26-,27-,32+,33+,34-,35-,39-,40+/m0/s1. The lowest BCUT2D eigenvalue weighted by Crippen LogP contribution is -2.48. The van der Waals surface area contributed by atoms with E-state index in [0.717, 1.165) is 11.1 Å². The number of benzene rings is 2. The maximum absolute atomic E-state index is 14.3. The summed E-state index contributed by atoms with van der Waals surface area (Å²) in [6.45, 7) is 11.1. The number of nitrogens with zero attached hydrogens (tertiary/aromatic N) is 6. The van der Waals surface area contributed by atoms with Gasteiger partial charge >= 0.3 is 0 Å². The van der Waals surface area contributed by atoms with E-state index in [0.29, 0.717) is 16.9 Å². The molecule has 0 unspecified atom stereocenters. The second kappa shape index (κ2) is 18.6. The lowest BCUT2D eigenvalue weighted by molar-refractivity contribution is -0.141. The summed E-state index contributed by atoms with van der Waals surface area (Å²) in [5.41, 5.74) is 2.55. The number of likely N-dealkylation sites (tertiary alicyclic amines) is 2. The zero-order valence-corrected chi connectivity index (χ0v) is 34.4. The minimum atomic E-state index is -0.940. The molecule has 8 atom stereocenters. The van der Waals surface area contributed by atoms with E-state index >= 15 is 0 Å². The van der Waals surface area contributed by atoms with Crippen LogP contribution in [-0.4, -0.2) is 86.2 Å². The van der Waals surface area contributed by atoms with Gasteiger partial charge in [-0.1, -0.05) is 57.1 Å². The quantitative estimate of drug-likeness (QED) is 0.158. The molecule has 2 fully saturated rings. The van der Waals surface area contributed by atoms with E-state index in [2.05, 4.69) is 33.1 Å². The summed E-state index contributed by atoms with van der Waals surface area (Å²) in [4.78, 5) is 59.0. The molecule has 314 valence electrons. The lowest BCUT2D eigenvalue weighted by atomic mass is 9.91. The van der Waals surface area contributed by atoms with Crippen molar-refractivity contribution in [3.63, 3.8) is 0 Å². The number of β-amino-alcohol motifs (C(OH)–C–C–N with tert-alkyl or cyclic N) is 1. The summed E-state index contributed by atoms with van der Waals surface area (Å²) in [5.74, 6) is -3.06. The topological polar surface area (TPSA) is 228 Å². The molecule has 16 nitrogen and oxygen atoms in total. The molecule has 2 saturated heterocycles. The first-order chi connectivity index (χ1) is 28.7. The van der Waals surface area contributed by atoms with Gasteiger partial charge in [-0.25, -0.2) is 0 Å². The maximum atomic E-state index is 14.3. The molecule has 16 heteroatoms. The Hall–Kier alpha value is -6.52. The van der Waals surface area contributed by atoms with Crippen molar-refractivity contribution in [1.82, 2.24) is 30.7 Å². The van der Waals surface area contributed by atoms with Gasteiger partial charge in [-0.2, -0.15) is 10.5 Å². The van der Waals surface area contributed by atoms with E-state index in [1.807, 2.05) is 34.6 Å². The van der Waals surface area contributed by atoms with Crippen LogP contribution >= 0.6 is 0 Å². The first kappa shape index (κ1) is 43.1. The minimum absolute atomic E-state index is 0.0393. The van der Waals surface area contributed by atoms with Crippen LogP contribution in [0, 0.1) is 34.5 Å². The average molecular weight is 819 g/mol. The number of aromatic nitrogens is 2. The molecule has 2 aromatic heterocycles. The SMILES string of the molecule is CC(C)[C@H](C(=O)N1C[C@H](Oc2cc([C@H](C(=O)N3C[C@H](O)C[C@H]3C(=O)N[C@@H](C)c3ccc(C#N)cc3)C(C)C)on2)C[C@H]1C(=O)N[C@@H](C)c1ccc(C#N)cc1)c1ccno1. The Morgan fingerprint density at radius 2 is 1.23 bits per heavy atom. The molecule has 0 saturated carbocycles. The lowest BCUT2D eigenvalue weighted by Gasteiger charge is -2.29. The number of nitrogens with one attached hydrogen (secondary N) is 2. The Kier molecular flexibility index (Phi) is 13.3.